The molecule has 2 aliphatic heterocycles. The minimum absolute atomic E-state index is 0.129. The average Bonchev–Trinajstić information content (AvgIpc) is 3.25. The molecule has 1 saturated carbocycles. The predicted octanol–water partition coefficient (Wildman–Crippen LogP) is 4.78. The van der Waals surface area contributed by atoms with Crippen LogP contribution >= 0.6 is 11.6 Å². The summed E-state index contributed by atoms with van der Waals surface area (Å²) in [4.78, 5) is 7.05. The first kappa shape index (κ1) is 22.6. The molecule has 1 aliphatic carbocycles. The van der Waals surface area contributed by atoms with E-state index in [1.54, 1.807) is 10.9 Å². The van der Waals surface area contributed by atoms with Crippen molar-refractivity contribution in [1.82, 2.24) is 25.0 Å². The molecule has 2 fully saturated rings. The zero-order chi connectivity index (χ0) is 24.1. The number of hydrogen-bond acceptors (Lipinski definition) is 6. The van der Waals surface area contributed by atoms with E-state index in [0.717, 1.165) is 50.5 Å². The Morgan fingerprint density at radius 3 is 2.57 bits per heavy atom. The van der Waals surface area contributed by atoms with Gasteiger partial charge in [0.05, 0.1) is 11.9 Å². The molecule has 11 heteroatoms. The molecule has 0 unspecified atom stereocenters. The fourth-order valence-corrected chi connectivity index (χ4v) is 6.16. The number of anilines is 2. The highest BCUT2D eigenvalue weighted by molar-refractivity contribution is 6.29. The van der Waals surface area contributed by atoms with Gasteiger partial charge in [-0.05, 0) is 43.6 Å². The Morgan fingerprint density at radius 1 is 1.00 bits per heavy atom. The standard InChI is InChI=1S/C24H25ClF3N7/c25-19-9-15(10-29-32-19)34-11-13-4-5-14(12-34)22(13)30-24-31-23-17(3-1-2-8-35(23)33-24)16-6-7-18(26)21(28)20(16)27/h6-7,9-10,13-14,17,22H,1-5,8,11-12H2,(H,30,33)/t13-,14+,17-,22-/m1/s1. The number of piperidine rings is 1. The van der Waals surface area contributed by atoms with Crippen LogP contribution in [-0.4, -0.2) is 44.1 Å². The van der Waals surface area contributed by atoms with Crippen molar-refractivity contribution in [2.24, 2.45) is 11.8 Å². The fraction of sp³-hybridized carbons (Fsp3) is 0.500. The van der Waals surface area contributed by atoms with E-state index >= 15 is 0 Å². The van der Waals surface area contributed by atoms with E-state index in [0.29, 0.717) is 41.7 Å². The van der Waals surface area contributed by atoms with Gasteiger partial charge in [-0.25, -0.2) is 17.9 Å². The van der Waals surface area contributed by atoms with Crippen molar-refractivity contribution in [2.75, 3.05) is 23.3 Å². The monoisotopic (exact) mass is 503 g/mol. The van der Waals surface area contributed by atoms with Gasteiger partial charge in [-0.2, -0.15) is 10.1 Å². The van der Waals surface area contributed by atoms with Crippen molar-refractivity contribution >= 4 is 23.2 Å². The maximum Gasteiger partial charge on any atom is 0.242 e. The van der Waals surface area contributed by atoms with E-state index in [1.807, 2.05) is 6.07 Å². The van der Waals surface area contributed by atoms with Crippen LogP contribution in [0.3, 0.4) is 0 Å². The first-order chi connectivity index (χ1) is 17.0. The number of halogens is 4. The summed E-state index contributed by atoms with van der Waals surface area (Å²) in [5, 5.41) is 16.4. The highest BCUT2D eigenvalue weighted by Crippen LogP contribution is 2.41. The van der Waals surface area contributed by atoms with Crippen LogP contribution in [-0.2, 0) is 6.54 Å². The van der Waals surface area contributed by atoms with Crippen molar-refractivity contribution in [2.45, 2.75) is 50.6 Å². The van der Waals surface area contributed by atoms with Crippen molar-refractivity contribution in [3.05, 3.63) is 58.4 Å². The number of nitrogens with one attached hydrogen (secondary N) is 1. The SMILES string of the molecule is Fc1ccc([C@H]2CCCCn3nc(N[C@@H]4[C@@H]5CC[C@H]4CN(c4cnnc(Cl)c4)C5)nc32)c(F)c1F. The molecular formula is C24H25ClF3N7. The van der Waals surface area contributed by atoms with Gasteiger partial charge in [0.1, 0.15) is 5.82 Å². The lowest BCUT2D eigenvalue weighted by Crippen LogP contribution is -2.48. The van der Waals surface area contributed by atoms with Gasteiger partial charge in [0.25, 0.3) is 0 Å². The normalized spacial score (nSPS) is 25.9. The molecule has 6 rings (SSSR count). The summed E-state index contributed by atoms with van der Waals surface area (Å²) in [6.45, 7) is 2.39. The van der Waals surface area contributed by atoms with Gasteiger partial charge >= 0.3 is 0 Å². The Labute approximate surface area is 205 Å². The van der Waals surface area contributed by atoms with Crippen LogP contribution in [0.1, 0.15) is 49.4 Å². The molecule has 4 heterocycles. The van der Waals surface area contributed by atoms with E-state index in [2.05, 4.69) is 20.4 Å². The summed E-state index contributed by atoms with van der Waals surface area (Å²) in [5.74, 6) is -2.32. The number of aromatic nitrogens is 5. The molecule has 4 atom stereocenters. The van der Waals surface area contributed by atoms with Crippen LogP contribution in [0.2, 0.25) is 5.15 Å². The lowest BCUT2D eigenvalue weighted by molar-refractivity contribution is 0.376. The molecule has 0 radical (unpaired) electrons. The molecule has 3 aliphatic rings. The van der Waals surface area contributed by atoms with Crippen molar-refractivity contribution in [3.8, 4) is 0 Å². The number of rotatable bonds is 4. The zero-order valence-corrected chi connectivity index (χ0v) is 19.7. The highest BCUT2D eigenvalue weighted by atomic mass is 35.5. The van der Waals surface area contributed by atoms with Gasteiger partial charge in [-0.3, -0.25) is 0 Å². The zero-order valence-electron chi connectivity index (χ0n) is 19.0. The molecule has 7 nitrogen and oxygen atoms in total. The van der Waals surface area contributed by atoms with Crippen molar-refractivity contribution in [1.29, 1.82) is 0 Å². The number of nitrogens with zero attached hydrogens (tertiary/aromatic N) is 6. The van der Waals surface area contributed by atoms with E-state index in [4.69, 9.17) is 21.7 Å². The third-order valence-electron chi connectivity index (χ3n) is 7.67. The third-order valence-corrected chi connectivity index (χ3v) is 7.85. The van der Waals surface area contributed by atoms with Crippen LogP contribution < -0.4 is 10.2 Å². The summed E-state index contributed by atoms with van der Waals surface area (Å²) in [7, 11) is 0. The highest BCUT2D eigenvalue weighted by Gasteiger charge is 2.43. The Bertz CT molecular complexity index is 1240. The second-order valence-corrected chi connectivity index (χ2v) is 10.1. The summed E-state index contributed by atoms with van der Waals surface area (Å²) >= 11 is 6.04. The van der Waals surface area contributed by atoms with Gasteiger partial charge in [0.15, 0.2) is 22.6 Å². The summed E-state index contributed by atoms with van der Waals surface area (Å²) in [6.07, 6.45) is 6.23. The molecule has 1 N–H and O–H groups in total. The molecular weight excluding hydrogens is 479 g/mol. The predicted molar refractivity (Wildman–Crippen MR) is 125 cm³/mol. The molecule has 0 amide bonds. The largest absolute Gasteiger partial charge is 0.369 e. The van der Waals surface area contributed by atoms with Crippen LogP contribution in [0.5, 0.6) is 0 Å². The smallest absolute Gasteiger partial charge is 0.242 e. The van der Waals surface area contributed by atoms with Crippen LogP contribution in [0.4, 0.5) is 24.8 Å². The average molecular weight is 504 g/mol. The van der Waals surface area contributed by atoms with Gasteiger partial charge < -0.3 is 10.2 Å². The van der Waals surface area contributed by atoms with E-state index in [-0.39, 0.29) is 11.6 Å². The molecule has 3 aromatic rings. The summed E-state index contributed by atoms with van der Waals surface area (Å²) in [5.41, 5.74) is 1.10. The van der Waals surface area contributed by atoms with Crippen molar-refractivity contribution < 1.29 is 13.2 Å². The molecule has 1 aromatic carbocycles. The molecule has 2 bridgehead atoms. The van der Waals surface area contributed by atoms with Crippen molar-refractivity contribution in [3.63, 3.8) is 0 Å². The van der Waals surface area contributed by atoms with Gasteiger partial charge in [-0.15, -0.1) is 10.2 Å². The van der Waals surface area contributed by atoms with E-state index < -0.39 is 23.4 Å². The lowest BCUT2D eigenvalue weighted by atomic mass is 9.92. The molecule has 184 valence electrons. The Kier molecular flexibility index (Phi) is 5.78. The second kappa shape index (κ2) is 8.96. The van der Waals surface area contributed by atoms with Gasteiger partial charge in [0, 0.05) is 43.2 Å². The quantitative estimate of drug-likeness (QED) is 0.517. The van der Waals surface area contributed by atoms with E-state index in [9.17, 15) is 13.2 Å². The number of aryl methyl sites for hydroxylation is 1. The first-order valence-corrected chi connectivity index (χ1v) is 12.4. The lowest BCUT2D eigenvalue weighted by Gasteiger charge is -2.39. The Hall–Kier alpha value is -2.88. The number of hydrogen-bond donors (Lipinski definition) is 1. The summed E-state index contributed by atoms with van der Waals surface area (Å²) < 4.78 is 44.0. The topological polar surface area (TPSA) is 71.8 Å². The Balaban J connectivity index is 1.24. The molecule has 2 aromatic heterocycles. The summed E-state index contributed by atoms with van der Waals surface area (Å²) in [6, 6.07) is 4.37. The maximum atomic E-state index is 14.7. The first-order valence-electron chi connectivity index (χ1n) is 12.1. The fourth-order valence-electron chi connectivity index (χ4n) is 6.00. The molecule has 35 heavy (non-hydrogen) atoms. The van der Waals surface area contributed by atoms with E-state index in [1.165, 1.54) is 6.07 Å². The minimum Gasteiger partial charge on any atom is -0.369 e. The number of benzene rings is 1. The van der Waals surface area contributed by atoms with Crippen LogP contribution in [0, 0.1) is 29.3 Å². The van der Waals surface area contributed by atoms with Gasteiger partial charge in [-0.1, -0.05) is 24.1 Å². The number of fused-ring (bicyclic) bond motifs is 3. The van der Waals surface area contributed by atoms with Gasteiger partial charge in [0.2, 0.25) is 5.95 Å². The Morgan fingerprint density at radius 2 is 1.80 bits per heavy atom. The third kappa shape index (κ3) is 4.11. The second-order valence-electron chi connectivity index (χ2n) is 9.74. The minimum atomic E-state index is -1.44. The molecule has 0 spiro atoms. The maximum absolute atomic E-state index is 14.7. The van der Waals surface area contributed by atoms with Crippen LogP contribution in [0.25, 0.3) is 0 Å². The molecule has 1 saturated heterocycles. The van der Waals surface area contributed by atoms with Crippen LogP contribution in [0.15, 0.2) is 24.4 Å².